The SMILES string of the molecule is CC1(C(=O)OC[N+]2(C)CC3c4ccccc4Oc4ccc(Cl)cc4C3C2)CCCCC1. The number of rotatable bonds is 3. The van der Waals surface area contributed by atoms with Gasteiger partial charge in [-0.1, -0.05) is 49.1 Å². The van der Waals surface area contributed by atoms with Crippen molar-refractivity contribution in [2.24, 2.45) is 5.41 Å². The molecule has 2 aromatic rings. The summed E-state index contributed by atoms with van der Waals surface area (Å²) in [4.78, 5) is 13.0. The van der Waals surface area contributed by atoms with Crippen LogP contribution < -0.4 is 4.74 Å². The molecule has 1 saturated heterocycles. The summed E-state index contributed by atoms with van der Waals surface area (Å²) in [6.07, 6.45) is 5.35. The van der Waals surface area contributed by atoms with Crippen molar-refractivity contribution < 1.29 is 18.8 Å². The van der Waals surface area contributed by atoms with Crippen molar-refractivity contribution >= 4 is 17.6 Å². The molecule has 5 rings (SSSR count). The number of hydrogen-bond acceptors (Lipinski definition) is 3. The van der Waals surface area contributed by atoms with Crippen LogP contribution in [0.2, 0.25) is 5.02 Å². The number of para-hydroxylation sites is 1. The van der Waals surface area contributed by atoms with Crippen LogP contribution >= 0.6 is 11.6 Å². The van der Waals surface area contributed by atoms with E-state index < -0.39 is 0 Å². The van der Waals surface area contributed by atoms with Crippen LogP contribution in [0.25, 0.3) is 0 Å². The second-order valence-corrected chi connectivity index (χ2v) is 10.6. The van der Waals surface area contributed by atoms with Gasteiger partial charge in [-0.25, -0.2) is 0 Å². The highest BCUT2D eigenvalue weighted by Gasteiger charge is 2.48. The van der Waals surface area contributed by atoms with Crippen LogP contribution in [0.4, 0.5) is 0 Å². The molecule has 5 heteroatoms. The molecule has 3 aliphatic rings. The normalized spacial score (nSPS) is 28.5. The molecule has 31 heavy (non-hydrogen) atoms. The van der Waals surface area contributed by atoms with Gasteiger partial charge < -0.3 is 9.47 Å². The number of hydrogen-bond donors (Lipinski definition) is 0. The van der Waals surface area contributed by atoms with Crippen LogP contribution in [0.3, 0.4) is 0 Å². The standard InChI is InChI=1S/C26H31ClNO3/c1-26(12-6-3-7-13-26)25(29)30-17-28(2)15-21-19-8-4-5-9-23(19)31-24-11-10-18(27)14-20(24)22(21)16-28/h4-5,8-11,14,21-22H,3,6-7,12-13,15-17H2,1-2H3/q+1. The van der Waals surface area contributed by atoms with Crippen molar-refractivity contribution in [2.45, 2.75) is 50.9 Å². The maximum atomic E-state index is 13.0. The fourth-order valence-electron chi connectivity index (χ4n) is 5.84. The van der Waals surface area contributed by atoms with Crippen LogP contribution in [0.5, 0.6) is 11.5 Å². The molecule has 1 aliphatic carbocycles. The molecule has 2 aliphatic heterocycles. The van der Waals surface area contributed by atoms with Crippen LogP contribution in [0.15, 0.2) is 42.5 Å². The van der Waals surface area contributed by atoms with Crippen molar-refractivity contribution in [3.63, 3.8) is 0 Å². The Morgan fingerprint density at radius 3 is 2.52 bits per heavy atom. The first-order valence-electron chi connectivity index (χ1n) is 11.4. The van der Waals surface area contributed by atoms with Gasteiger partial charge in [0.1, 0.15) is 11.5 Å². The van der Waals surface area contributed by atoms with E-state index in [4.69, 9.17) is 21.1 Å². The lowest BCUT2D eigenvalue weighted by Crippen LogP contribution is -2.46. The van der Waals surface area contributed by atoms with E-state index in [0.717, 1.165) is 60.9 Å². The number of likely N-dealkylation sites (tertiary alicyclic amines) is 1. The molecule has 0 N–H and O–H groups in total. The van der Waals surface area contributed by atoms with E-state index in [9.17, 15) is 4.79 Å². The Labute approximate surface area is 189 Å². The van der Waals surface area contributed by atoms with Gasteiger partial charge in [-0.15, -0.1) is 0 Å². The van der Waals surface area contributed by atoms with Gasteiger partial charge in [-0.3, -0.25) is 9.28 Å². The average molecular weight is 441 g/mol. The summed E-state index contributed by atoms with van der Waals surface area (Å²) in [5, 5.41) is 0.727. The molecule has 0 amide bonds. The number of esters is 1. The van der Waals surface area contributed by atoms with E-state index in [0.29, 0.717) is 17.1 Å². The Hall–Kier alpha value is -2.04. The van der Waals surface area contributed by atoms with Crippen LogP contribution in [-0.2, 0) is 9.53 Å². The van der Waals surface area contributed by atoms with E-state index in [1.807, 2.05) is 30.3 Å². The topological polar surface area (TPSA) is 35.5 Å². The molecule has 0 bridgehead atoms. The largest absolute Gasteiger partial charge is 0.457 e. The highest BCUT2D eigenvalue weighted by molar-refractivity contribution is 6.30. The zero-order valence-corrected chi connectivity index (χ0v) is 19.2. The summed E-state index contributed by atoms with van der Waals surface area (Å²) < 4.78 is 13.0. The van der Waals surface area contributed by atoms with Gasteiger partial charge in [0.25, 0.3) is 0 Å². The number of carbonyl (C=O) groups is 1. The maximum Gasteiger partial charge on any atom is 0.316 e. The number of nitrogens with zero attached hydrogens (tertiary/aromatic N) is 1. The third-order valence-corrected chi connectivity index (χ3v) is 7.86. The first-order chi connectivity index (χ1) is 14.9. The van der Waals surface area contributed by atoms with Crippen molar-refractivity contribution in [2.75, 3.05) is 26.9 Å². The number of fused-ring (bicyclic) bond motifs is 5. The first-order valence-corrected chi connectivity index (χ1v) is 11.8. The van der Waals surface area contributed by atoms with Crippen LogP contribution in [0.1, 0.15) is 62.0 Å². The quantitative estimate of drug-likeness (QED) is 0.418. The number of ether oxygens (including phenoxy) is 2. The minimum absolute atomic E-state index is 0.0224. The van der Waals surface area contributed by atoms with Gasteiger partial charge in [0.2, 0.25) is 6.73 Å². The predicted octanol–water partition coefficient (Wildman–Crippen LogP) is 6.24. The second-order valence-electron chi connectivity index (χ2n) is 10.2. The van der Waals surface area contributed by atoms with Gasteiger partial charge in [0, 0.05) is 28.0 Å². The highest BCUT2D eigenvalue weighted by Crippen LogP contribution is 2.51. The summed E-state index contributed by atoms with van der Waals surface area (Å²) in [6, 6.07) is 14.2. The Balaban J connectivity index is 1.41. The molecule has 3 atom stereocenters. The lowest BCUT2D eigenvalue weighted by molar-refractivity contribution is -0.915. The molecule has 1 saturated carbocycles. The molecular weight excluding hydrogens is 410 g/mol. The van der Waals surface area contributed by atoms with E-state index in [1.165, 1.54) is 12.0 Å². The summed E-state index contributed by atoms with van der Waals surface area (Å²) in [5.41, 5.74) is 2.07. The van der Waals surface area contributed by atoms with E-state index in [2.05, 4.69) is 26.1 Å². The predicted molar refractivity (Wildman–Crippen MR) is 122 cm³/mol. The van der Waals surface area contributed by atoms with E-state index >= 15 is 0 Å². The summed E-state index contributed by atoms with van der Waals surface area (Å²) in [6.45, 7) is 4.29. The number of likely N-dealkylation sites (N-methyl/N-ethyl adjacent to an activating group) is 1. The van der Waals surface area contributed by atoms with Crippen LogP contribution in [-0.4, -0.2) is 37.3 Å². The fraction of sp³-hybridized carbons (Fsp3) is 0.500. The first kappa shape index (κ1) is 20.8. The van der Waals surface area contributed by atoms with Crippen molar-refractivity contribution in [3.8, 4) is 11.5 Å². The minimum Gasteiger partial charge on any atom is -0.457 e. The zero-order valence-electron chi connectivity index (χ0n) is 18.4. The number of benzene rings is 2. The van der Waals surface area contributed by atoms with Crippen molar-refractivity contribution in [1.82, 2.24) is 0 Å². The van der Waals surface area contributed by atoms with Gasteiger partial charge in [0.15, 0.2) is 0 Å². The summed E-state index contributed by atoms with van der Waals surface area (Å²) in [7, 11) is 2.21. The minimum atomic E-state index is -0.318. The van der Waals surface area contributed by atoms with Gasteiger partial charge in [0.05, 0.1) is 25.6 Å². The van der Waals surface area contributed by atoms with Gasteiger partial charge >= 0.3 is 5.97 Å². The monoisotopic (exact) mass is 440 g/mol. The third kappa shape index (κ3) is 3.85. The number of quaternary nitrogens is 1. The number of carbonyl (C=O) groups excluding carboxylic acids is 1. The molecular formula is C26H31ClNO3+. The Kier molecular flexibility index (Phi) is 5.26. The molecule has 0 radical (unpaired) electrons. The molecule has 164 valence electrons. The Bertz CT molecular complexity index is 1000. The van der Waals surface area contributed by atoms with Crippen molar-refractivity contribution in [3.05, 3.63) is 58.6 Å². The third-order valence-electron chi connectivity index (χ3n) is 7.63. The lowest BCUT2D eigenvalue weighted by Gasteiger charge is -2.34. The Morgan fingerprint density at radius 2 is 1.74 bits per heavy atom. The van der Waals surface area contributed by atoms with E-state index in [-0.39, 0.29) is 17.3 Å². The lowest BCUT2D eigenvalue weighted by atomic mass is 9.76. The summed E-state index contributed by atoms with van der Waals surface area (Å²) in [5.74, 6) is 2.34. The number of halogens is 1. The van der Waals surface area contributed by atoms with Crippen molar-refractivity contribution in [1.29, 1.82) is 0 Å². The molecule has 0 aromatic heterocycles. The molecule has 4 nitrogen and oxygen atoms in total. The van der Waals surface area contributed by atoms with E-state index in [1.54, 1.807) is 0 Å². The molecule has 3 unspecified atom stereocenters. The van der Waals surface area contributed by atoms with Crippen LogP contribution in [0, 0.1) is 5.41 Å². The second kappa shape index (κ2) is 7.83. The zero-order chi connectivity index (χ0) is 21.6. The average Bonchev–Trinajstić information content (AvgIpc) is 3.06. The molecule has 2 aromatic carbocycles. The van der Waals surface area contributed by atoms with Gasteiger partial charge in [-0.2, -0.15) is 0 Å². The maximum absolute atomic E-state index is 13.0. The highest BCUT2D eigenvalue weighted by atomic mass is 35.5. The molecule has 0 spiro atoms. The fourth-order valence-corrected chi connectivity index (χ4v) is 6.02. The smallest absolute Gasteiger partial charge is 0.316 e. The Morgan fingerprint density at radius 1 is 1.06 bits per heavy atom. The molecule has 2 heterocycles. The molecule has 2 fully saturated rings. The van der Waals surface area contributed by atoms with Gasteiger partial charge in [-0.05, 0) is 44.0 Å². The summed E-state index contributed by atoms with van der Waals surface area (Å²) >= 11 is 6.38.